The highest BCUT2D eigenvalue weighted by atomic mass is 79.9. The molecule has 3 nitrogen and oxygen atoms in total. The van der Waals surface area contributed by atoms with Crippen molar-refractivity contribution in [3.05, 3.63) is 28.2 Å². The van der Waals surface area contributed by atoms with Crippen LogP contribution in [0.15, 0.2) is 22.7 Å². The maximum atomic E-state index is 6.04. The number of likely N-dealkylation sites (tertiary alicyclic amines) is 1. The molecule has 2 N–H and O–H groups in total. The van der Waals surface area contributed by atoms with Crippen molar-refractivity contribution in [2.75, 3.05) is 20.2 Å². The number of hydrogen-bond acceptors (Lipinski definition) is 3. The topological polar surface area (TPSA) is 38.5 Å². The first-order chi connectivity index (χ1) is 9.10. The first-order valence-corrected chi connectivity index (χ1v) is 7.70. The van der Waals surface area contributed by atoms with Crippen molar-refractivity contribution in [3.63, 3.8) is 0 Å². The zero-order chi connectivity index (χ0) is 13.8. The van der Waals surface area contributed by atoms with E-state index in [1.54, 1.807) is 7.11 Å². The fourth-order valence-electron chi connectivity index (χ4n) is 2.70. The second-order valence-electron chi connectivity index (χ2n) is 5.45. The largest absolute Gasteiger partial charge is 0.497 e. The third kappa shape index (κ3) is 3.94. The predicted octanol–water partition coefficient (Wildman–Crippen LogP) is 3.02. The van der Waals surface area contributed by atoms with Crippen molar-refractivity contribution in [3.8, 4) is 5.75 Å². The van der Waals surface area contributed by atoms with Gasteiger partial charge in [-0.25, -0.2) is 0 Å². The molecule has 19 heavy (non-hydrogen) atoms. The molecule has 1 aromatic rings. The zero-order valence-electron chi connectivity index (χ0n) is 11.7. The Morgan fingerprint density at radius 1 is 1.53 bits per heavy atom. The smallest absolute Gasteiger partial charge is 0.119 e. The van der Waals surface area contributed by atoms with Gasteiger partial charge in [0.15, 0.2) is 0 Å². The first-order valence-electron chi connectivity index (χ1n) is 6.90. The van der Waals surface area contributed by atoms with Crippen molar-refractivity contribution in [2.45, 2.75) is 32.4 Å². The van der Waals surface area contributed by atoms with Crippen LogP contribution in [0.25, 0.3) is 0 Å². The van der Waals surface area contributed by atoms with E-state index in [0.29, 0.717) is 5.92 Å². The van der Waals surface area contributed by atoms with Gasteiger partial charge in [0.25, 0.3) is 0 Å². The molecule has 0 aliphatic carbocycles. The van der Waals surface area contributed by atoms with Crippen molar-refractivity contribution >= 4 is 15.9 Å². The number of nitrogens with two attached hydrogens (primary N) is 1. The average molecular weight is 327 g/mol. The van der Waals surface area contributed by atoms with E-state index in [0.717, 1.165) is 29.9 Å². The fraction of sp³-hybridized carbons (Fsp3) is 0.600. The lowest BCUT2D eigenvalue weighted by Crippen LogP contribution is -2.41. The molecule has 1 heterocycles. The molecule has 1 fully saturated rings. The Bertz CT molecular complexity index is 423. The first kappa shape index (κ1) is 14.8. The van der Waals surface area contributed by atoms with Crippen LogP contribution in [0.2, 0.25) is 0 Å². The minimum Gasteiger partial charge on any atom is -0.497 e. The molecular weight excluding hydrogens is 304 g/mol. The van der Waals surface area contributed by atoms with Crippen LogP contribution in [0.1, 0.15) is 25.3 Å². The summed E-state index contributed by atoms with van der Waals surface area (Å²) in [6, 6.07) is 6.44. The van der Waals surface area contributed by atoms with Crippen molar-refractivity contribution in [1.29, 1.82) is 0 Å². The molecule has 2 rings (SSSR count). The molecule has 106 valence electrons. The monoisotopic (exact) mass is 326 g/mol. The summed E-state index contributed by atoms with van der Waals surface area (Å²) in [6.07, 6.45) is 2.50. The molecule has 1 aromatic carbocycles. The van der Waals surface area contributed by atoms with E-state index in [1.807, 2.05) is 6.07 Å². The Morgan fingerprint density at radius 3 is 3.00 bits per heavy atom. The van der Waals surface area contributed by atoms with E-state index in [-0.39, 0.29) is 6.04 Å². The molecule has 1 saturated heterocycles. The van der Waals surface area contributed by atoms with Crippen LogP contribution in [0.4, 0.5) is 0 Å². The van der Waals surface area contributed by atoms with Gasteiger partial charge in [0.1, 0.15) is 5.75 Å². The van der Waals surface area contributed by atoms with Gasteiger partial charge in [0.2, 0.25) is 0 Å². The lowest BCUT2D eigenvalue weighted by atomic mass is 9.92. The normalized spacial score (nSPS) is 22.2. The highest BCUT2D eigenvalue weighted by molar-refractivity contribution is 9.10. The van der Waals surface area contributed by atoms with E-state index in [2.05, 4.69) is 39.9 Å². The predicted molar refractivity (Wildman–Crippen MR) is 82.3 cm³/mol. The number of ether oxygens (including phenoxy) is 1. The zero-order valence-corrected chi connectivity index (χ0v) is 13.3. The fourth-order valence-corrected chi connectivity index (χ4v) is 3.08. The Balaban J connectivity index is 2.04. The second kappa shape index (κ2) is 6.73. The number of benzene rings is 1. The van der Waals surface area contributed by atoms with Gasteiger partial charge in [-0.3, -0.25) is 4.90 Å². The molecule has 2 atom stereocenters. The summed E-state index contributed by atoms with van der Waals surface area (Å²) in [4.78, 5) is 2.50. The molecule has 0 amide bonds. The number of rotatable bonds is 4. The molecule has 0 aromatic heterocycles. The summed E-state index contributed by atoms with van der Waals surface area (Å²) in [5.41, 5.74) is 7.32. The van der Waals surface area contributed by atoms with Gasteiger partial charge >= 0.3 is 0 Å². The minimum absolute atomic E-state index is 0.288. The van der Waals surface area contributed by atoms with Crippen LogP contribution < -0.4 is 10.5 Å². The minimum atomic E-state index is 0.288. The molecule has 4 heteroatoms. The van der Waals surface area contributed by atoms with Gasteiger partial charge in [0.05, 0.1) is 7.11 Å². The maximum absolute atomic E-state index is 6.04. The molecule has 2 unspecified atom stereocenters. The Labute approximate surface area is 124 Å². The second-order valence-corrected chi connectivity index (χ2v) is 6.31. The highest BCUT2D eigenvalue weighted by Crippen LogP contribution is 2.26. The third-order valence-electron chi connectivity index (χ3n) is 3.93. The molecule has 0 saturated carbocycles. The summed E-state index contributed by atoms with van der Waals surface area (Å²) in [7, 11) is 1.71. The van der Waals surface area contributed by atoms with E-state index >= 15 is 0 Å². The van der Waals surface area contributed by atoms with Gasteiger partial charge < -0.3 is 10.5 Å². The molecule has 1 aliphatic heterocycles. The summed E-state index contributed by atoms with van der Waals surface area (Å²) < 4.78 is 6.45. The van der Waals surface area contributed by atoms with Crippen LogP contribution in [-0.2, 0) is 6.54 Å². The SMILES string of the molecule is COc1ccc(Br)c(CN2CCCC(C(C)N)C2)c1. The molecule has 0 radical (unpaired) electrons. The Morgan fingerprint density at radius 2 is 2.32 bits per heavy atom. The molecule has 0 bridgehead atoms. The maximum Gasteiger partial charge on any atom is 0.119 e. The standard InChI is InChI=1S/C15H23BrN2O/c1-11(17)12-4-3-7-18(9-12)10-13-8-14(19-2)5-6-15(13)16/h5-6,8,11-12H,3-4,7,9-10,17H2,1-2H3. The number of methoxy groups -OCH3 is 1. The van der Waals surface area contributed by atoms with Crippen LogP contribution in [-0.4, -0.2) is 31.1 Å². The Hall–Kier alpha value is -0.580. The van der Waals surface area contributed by atoms with Crippen LogP contribution in [0, 0.1) is 5.92 Å². The van der Waals surface area contributed by atoms with E-state index in [9.17, 15) is 0 Å². The van der Waals surface area contributed by atoms with E-state index in [1.165, 1.54) is 18.4 Å². The third-order valence-corrected chi connectivity index (χ3v) is 4.71. The van der Waals surface area contributed by atoms with Crippen LogP contribution in [0.3, 0.4) is 0 Å². The average Bonchev–Trinajstić information content (AvgIpc) is 2.41. The van der Waals surface area contributed by atoms with Gasteiger partial charge in [-0.05, 0) is 56.0 Å². The lowest BCUT2D eigenvalue weighted by Gasteiger charge is -2.34. The van der Waals surface area contributed by atoms with E-state index < -0.39 is 0 Å². The van der Waals surface area contributed by atoms with Crippen molar-refractivity contribution < 1.29 is 4.74 Å². The molecule has 1 aliphatic rings. The Kier molecular flexibility index (Phi) is 5.25. The van der Waals surface area contributed by atoms with Gasteiger partial charge in [-0.15, -0.1) is 0 Å². The van der Waals surface area contributed by atoms with Crippen LogP contribution in [0.5, 0.6) is 5.75 Å². The lowest BCUT2D eigenvalue weighted by molar-refractivity contribution is 0.154. The van der Waals surface area contributed by atoms with Crippen molar-refractivity contribution in [1.82, 2.24) is 4.90 Å². The van der Waals surface area contributed by atoms with Gasteiger partial charge in [-0.1, -0.05) is 15.9 Å². The number of piperidine rings is 1. The van der Waals surface area contributed by atoms with Gasteiger partial charge in [-0.2, -0.15) is 0 Å². The summed E-state index contributed by atoms with van der Waals surface area (Å²) in [5, 5.41) is 0. The van der Waals surface area contributed by atoms with Crippen molar-refractivity contribution in [2.24, 2.45) is 11.7 Å². The summed E-state index contributed by atoms with van der Waals surface area (Å²) in [5.74, 6) is 1.54. The van der Waals surface area contributed by atoms with E-state index in [4.69, 9.17) is 10.5 Å². The number of nitrogens with zero attached hydrogens (tertiary/aromatic N) is 1. The summed E-state index contributed by atoms with van der Waals surface area (Å²) >= 11 is 3.62. The molecule has 0 spiro atoms. The molecular formula is C15H23BrN2O. The van der Waals surface area contributed by atoms with Crippen LogP contribution >= 0.6 is 15.9 Å². The summed E-state index contributed by atoms with van der Waals surface area (Å²) in [6.45, 7) is 5.34. The quantitative estimate of drug-likeness (QED) is 0.924. The highest BCUT2D eigenvalue weighted by Gasteiger charge is 2.23. The number of hydrogen-bond donors (Lipinski definition) is 1. The van der Waals surface area contributed by atoms with Gasteiger partial charge in [0, 0.05) is 23.6 Å². The number of halogens is 1.